The number of nitriles is 1. The zero-order valence-electron chi connectivity index (χ0n) is 17.8. The zero-order chi connectivity index (χ0) is 24.1. The molecule has 0 bridgehead atoms. The largest absolute Gasteiger partial charge is 0.478 e. The summed E-state index contributed by atoms with van der Waals surface area (Å²) in [6.07, 6.45) is 0. The minimum Gasteiger partial charge on any atom is -0.478 e. The second-order valence-electron chi connectivity index (χ2n) is 7.42. The Bertz CT molecular complexity index is 1200. The fourth-order valence-electron chi connectivity index (χ4n) is 3.64. The summed E-state index contributed by atoms with van der Waals surface area (Å²) in [4.78, 5) is 40.3. The van der Waals surface area contributed by atoms with Crippen LogP contribution in [0.3, 0.4) is 0 Å². The molecule has 2 atom stereocenters. The van der Waals surface area contributed by atoms with Gasteiger partial charge in [-0.25, -0.2) is 9.79 Å². The van der Waals surface area contributed by atoms with Gasteiger partial charge in [-0.3, -0.25) is 9.59 Å². The molecular weight excluding hydrogens is 462 g/mol. The Morgan fingerprint density at radius 3 is 2.33 bits per heavy atom. The molecule has 0 radical (unpaired) electrons. The highest BCUT2D eigenvalue weighted by atomic mass is 35.5. The standard InChI is InChI=1S/C24H20ClN3O4S/c1-13-21(14(2)29)22(15-3-7-17(25)8-4-15)19(11-26)23(27-13)33-12-20(30)28-18-9-5-16(6-10-18)24(31)32/h3-10,21-22H,12H2,1-2H3,(H,28,30)(H,31,32)/t21?,22-/m0/s1. The molecule has 0 aromatic heterocycles. The Balaban J connectivity index is 1.82. The van der Waals surface area contributed by atoms with Crippen molar-refractivity contribution in [3.63, 3.8) is 0 Å². The summed E-state index contributed by atoms with van der Waals surface area (Å²) in [5.74, 6) is -2.60. The summed E-state index contributed by atoms with van der Waals surface area (Å²) >= 11 is 7.12. The lowest BCUT2D eigenvalue weighted by Gasteiger charge is -2.30. The van der Waals surface area contributed by atoms with Crippen molar-refractivity contribution in [2.45, 2.75) is 19.8 Å². The number of nitrogens with one attached hydrogen (secondary N) is 1. The molecule has 0 fully saturated rings. The first kappa shape index (κ1) is 24.2. The van der Waals surface area contributed by atoms with Crippen LogP contribution in [0.2, 0.25) is 5.02 Å². The molecule has 1 amide bonds. The number of benzene rings is 2. The van der Waals surface area contributed by atoms with Crippen LogP contribution in [-0.2, 0) is 9.59 Å². The first-order chi connectivity index (χ1) is 15.7. The number of halogens is 1. The number of rotatable bonds is 7. The quantitative estimate of drug-likeness (QED) is 0.579. The third-order valence-electron chi connectivity index (χ3n) is 5.15. The number of nitrogens with zero attached hydrogens (tertiary/aromatic N) is 2. The average Bonchev–Trinajstić information content (AvgIpc) is 2.77. The summed E-state index contributed by atoms with van der Waals surface area (Å²) in [5, 5.41) is 22.5. The zero-order valence-corrected chi connectivity index (χ0v) is 19.4. The fourth-order valence-corrected chi connectivity index (χ4v) is 4.65. The van der Waals surface area contributed by atoms with E-state index in [-0.39, 0.29) is 23.0 Å². The molecule has 0 spiro atoms. The number of carboxylic acid groups (broad SMARTS) is 1. The lowest BCUT2D eigenvalue weighted by atomic mass is 9.75. The number of thioether (sulfide) groups is 1. The number of carboxylic acids is 1. The number of aliphatic imine (C=N–C) groups is 1. The van der Waals surface area contributed by atoms with Gasteiger partial charge in [0.05, 0.1) is 28.9 Å². The van der Waals surface area contributed by atoms with E-state index >= 15 is 0 Å². The molecule has 2 aromatic rings. The number of anilines is 1. The molecule has 0 aliphatic carbocycles. The van der Waals surface area contributed by atoms with Gasteiger partial charge in [0.1, 0.15) is 10.8 Å². The molecule has 2 N–H and O–H groups in total. The molecule has 2 aromatic carbocycles. The lowest BCUT2D eigenvalue weighted by molar-refractivity contribution is -0.119. The van der Waals surface area contributed by atoms with Crippen LogP contribution < -0.4 is 5.32 Å². The van der Waals surface area contributed by atoms with Gasteiger partial charge in [0, 0.05) is 22.3 Å². The molecule has 1 unspecified atom stereocenters. The highest BCUT2D eigenvalue weighted by Crippen LogP contribution is 2.42. The van der Waals surface area contributed by atoms with E-state index in [0.29, 0.717) is 27.0 Å². The maximum Gasteiger partial charge on any atom is 0.335 e. The molecule has 3 rings (SSSR count). The van der Waals surface area contributed by atoms with Gasteiger partial charge in [0.25, 0.3) is 0 Å². The third kappa shape index (κ3) is 5.69. The molecule has 33 heavy (non-hydrogen) atoms. The van der Waals surface area contributed by atoms with Crippen LogP contribution in [0.4, 0.5) is 5.69 Å². The topological polar surface area (TPSA) is 120 Å². The van der Waals surface area contributed by atoms with Gasteiger partial charge in [-0.2, -0.15) is 5.26 Å². The van der Waals surface area contributed by atoms with E-state index in [1.165, 1.54) is 31.2 Å². The summed E-state index contributed by atoms with van der Waals surface area (Å²) in [5.41, 5.74) is 2.25. The number of allylic oxidation sites excluding steroid dienone is 1. The second-order valence-corrected chi connectivity index (χ2v) is 8.82. The van der Waals surface area contributed by atoms with Crippen molar-refractivity contribution >= 4 is 52.4 Å². The van der Waals surface area contributed by atoms with Crippen molar-refractivity contribution in [2.24, 2.45) is 10.9 Å². The van der Waals surface area contributed by atoms with Gasteiger partial charge in [0.2, 0.25) is 5.91 Å². The molecule has 7 nitrogen and oxygen atoms in total. The Morgan fingerprint density at radius 1 is 1.15 bits per heavy atom. The van der Waals surface area contributed by atoms with Gasteiger partial charge >= 0.3 is 5.97 Å². The number of carbonyl (C=O) groups is 3. The summed E-state index contributed by atoms with van der Waals surface area (Å²) in [7, 11) is 0. The van der Waals surface area contributed by atoms with Crippen molar-refractivity contribution in [1.82, 2.24) is 0 Å². The number of hydrogen-bond donors (Lipinski definition) is 2. The average molecular weight is 482 g/mol. The van der Waals surface area contributed by atoms with Gasteiger partial charge in [0.15, 0.2) is 0 Å². The van der Waals surface area contributed by atoms with Crippen LogP contribution in [0.25, 0.3) is 0 Å². The van der Waals surface area contributed by atoms with E-state index in [0.717, 1.165) is 17.3 Å². The van der Waals surface area contributed by atoms with Gasteiger partial charge in [-0.15, -0.1) is 0 Å². The molecule has 9 heteroatoms. The van der Waals surface area contributed by atoms with Crippen LogP contribution in [0.5, 0.6) is 0 Å². The fraction of sp³-hybridized carbons (Fsp3) is 0.208. The van der Waals surface area contributed by atoms with E-state index in [4.69, 9.17) is 16.7 Å². The van der Waals surface area contributed by atoms with E-state index in [9.17, 15) is 19.6 Å². The first-order valence-electron chi connectivity index (χ1n) is 9.92. The number of ketones is 1. The predicted octanol–water partition coefficient (Wildman–Crippen LogP) is 4.91. The van der Waals surface area contributed by atoms with Gasteiger partial charge in [-0.1, -0.05) is 35.5 Å². The van der Waals surface area contributed by atoms with Gasteiger partial charge < -0.3 is 10.4 Å². The third-order valence-corrected chi connectivity index (χ3v) is 6.39. The molecule has 1 aliphatic heterocycles. The first-order valence-corrected chi connectivity index (χ1v) is 11.3. The van der Waals surface area contributed by atoms with Crippen molar-refractivity contribution in [3.05, 3.63) is 75.3 Å². The number of aromatic carboxylic acids is 1. The molecule has 0 saturated carbocycles. The van der Waals surface area contributed by atoms with Crippen LogP contribution >= 0.6 is 23.4 Å². The number of amides is 1. The molecule has 168 valence electrons. The monoisotopic (exact) mass is 481 g/mol. The van der Waals surface area contributed by atoms with Crippen LogP contribution in [-0.4, -0.2) is 34.2 Å². The van der Waals surface area contributed by atoms with E-state index in [1.807, 2.05) is 0 Å². The maximum atomic E-state index is 12.4. The SMILES string of the molecule is CC(=O)C1C(C)=NC(SCC(=O)Nc2ccc(C(=O)O)cc2)=C(C#N)[C@@H]1c1ccc(Cl)cc1. The van der Waals surface area contributed by atoms with Crippen molar-refractivity contribution < 1.29 is 19.5 Å². The summed E-state index contributed by atoms with van der Waals surface area (Å²) in [6.45, 7) is 3.22. The number of Topliss-reactive ketones (excluding diaryl/α,β-unsaturated/α-hetero) is 1. The normalized spacial score (nSPS) is 17.7. The van der Waals surface area contributed by atoms with Crippen molar-refractivity contribution in [2.75, 3.05) is 11.1 Å². The summed E-state index contributed by atoms with van der Waals surface area (Å²) in [6, 6.07) is 15.0. The Kier molecular flexibility index (Phi) is 7.69. The van der Waals surface area contributed by atoms with Gasteiger partial charge in [-0.05, 0) is 55.8 Å². The lowest BCUT2D eigenvalue weighted by Crippen LogP contribution is -2.31. The second kappa shape index (κ2) is 10.5. The highest BCUT2D eigenvalue weighted by Gasteiger charge is 2.37. The smallest absolute Gasteiger partial charge is 0.335 e. The predicted molar refractivity (Wildman–Crippen MR) is 129 cm³/mol. The highest BCUT2D eigenvalue weighted by molar-refractivity contribution is 8.03. The van der Waals surface area contributed by atoms with E-state index < -0.39 is 17.8 Å². The number of carbonyl (C=O) groups excluding carboxylic acids is 2. The van der Waals surface area contributed by atoms with E-state index in [1.54, 1.807) is 31.2 Å². The Hall–Kier alpha value is -3.41. The Morgan fingerprint density at radius 2 is 1.79 bits per heavy atom. The number of hydrogen-bond acceptors (Lipinski definition) is 6. The molecule has 1 heterocycles. The Labute approximate surface area is 200 Å². The maximum absolute atomic E-state index is 12.4. The van der Waals surface area contributed by atoms with Crippen LogP contribution in [0.15, 0.2) is 64.1 Å². The molecular formula is C24H20ClN3O4S. The van der Waals surface area contributed by atoms with Crippen LogP contribution in [0, 0.1) is 17.2 Å². The van der Waals surface area contributed by atoms with Crippen LogP contribution in [0.1, 0.15) is 35.7 Å². The minimum atomic E-state index is -1.05. The molecule has 0 saturated heterocycles. The van der Waals surface area contributed by atoms with E-state index in [2.05, 4.69) is 16.4 Å². The van der Waals surface area contributed by atoms with Crippen molar-refractivity contribution in [1.29, 1.82) is 5.26 Å². The molecule has 1 aliphatic rings. The van der Waals surface area contributed by atoms with Crippen molar-refractivity contribution in [3.8, 4) is 6.07 Å². The summed E-state index contributed by atoms with van der Waals surface area (Å²) < 4.78 is 0. The minimum absolute atomic E-state index is 0.0178.